The molecule has 1 aliphatic heterocycles. The maximum atomic E-state index is 13.6. The van der Waals surface area contributed by atoms with E-state index in [0.717, 1.165) is 0 Å². The number of nitrogens with zero attached hydrogens (tertiary/aromatic N) is 2. The second kappa shape index (κ2) is 7.38. The van der Waals surface area contributed by atoms with Crippen molar-refractivity contribution < 1.29 is 18.4 Å². The Labute approximate surface area is 145 Å². The molecule has 1 aliphatic rings. The number of benzene rings is 1. The van der Waals surface area contributed by atoms with Gasteiger partial charge in [0.1, 0.15) is 11.6 Å². The van der Waals surface area contributed by atoms with Gasteiger partial charge in [0.05, 0.1) is 12.8 Å². The van der Waals surface area contributed by atoms with Gasteiger partial charge >= 0.3 is 6.03 Å². The zero-order valence-electron chi connectivity index (χ0n) is 14.0. The number of nitrogens with one attached hydrogen (secondary N) is 1. The first-order chi connectivity index (χ1) is 12.0. The molecule has 7 heteroatoms. The van der Waals surface area contributed by atoms with Crippen molar-refractivity contribution in [2.75, 3.05) is 26.2 Å². The van der Waals surface area contributed by atoms with Crippen LogP contribution in [0.4, 0.5) is 9.18 Å². The van der Waals surface area contributed by atoms with Crippen LogP contribution < -0.4 is 5.32 Å². The summed E-state index contributed by atoms with van der Waals surface area (Å²) in [6.45, 7) is 3.69. The number of halogens is 1. The van der Waals surface area contributed by atoms with E-state index in [1.54, 1.807) is 47.3 Å². The van der Waals surface area contributed by atoms with Crippen LogP contribution in [0, 0.1) is 12.7 Å². The highest BCUT2D eigenvalue weighted by Crippen LogP contribution is 2.13. The van der Waals surface area contributed by atoms with Crippen molar-refractivity contribution in [3.05, 3.63) is 59.3 Å². The minimum atomic E-state index is -0.387. The molecular formula is C18H20FN3O3. The van der Waals surface area contributed by atoms with Crippen molar-refractivity contribution in [2.45, 2.75) is 13.5 Å². The highest BCUT2D eigenvalue weighted by atomic mass is 19.1. The van der Waals surface area contributed by atoms with Crippen molar-refractivity contribution in [1.82, 2.24) is 15.1 Å². The van der Waals surface area contributed by atoms with E-state index >= 15 is 0 Å². The molecule has 1 saturated heterocycles. The molecule has 0 bridgehead atoms. The van der Waals surface area contributed by atoms with Crippen molar-refractivity contribution in [3.63, 3.8) is 0 Å². The van der Waals surface area contributed by atoms with E-state index in [0.29, 0.717) is 49.6 Å². The van der Waals surface area contributed by atoms with Crippen LogP contribution in [0.2, 0.25) is 0 Å². The molecule has 1 aromatic heterocycles. The van der Waals surface area contributed by atoms with E-state index in [2.05, 4.69) is 5.32 Å². The zero-order chi connectivity index (χ0) is 17.8. The highest BCUT2D eigenvalue weighted by molar-refractivity contribution is 5.94. The lowest BCUT2D eigenvalue weighted by Gasteiger charge is -2.34. The Balaban J connectivity index is 1.51. The number of piperazine rings is 1. The van der Waals surface area contributed by atoms with Gasteiger partial charge in [-0.15, -0.1) is 0 Å². The summed E-state index contributed by atoms with van der Waals surface area (Å²) >= 11 is 0. The van der Waals surface area contributed by atoms with Gasteiger partial charge < -0.3 is 19.5 Å². The second-order valence-electron chi connectivity index (χ2n) is 5.98. The summed E-state index contributed by atoms with van der Waals surface area (Å²) in [5, 5.41) is 2.78. The Morgan fingerprint density at radius 3 is 2.52 bits per heavy atom. The van der Waals surface area contributed by atoms with E-state index in [9.17, 15) is 14.0 Å². The molecule has 6 nitrogen and oxygen atoms in total. The molecule has 0 spiro atoms. The van der Waals surface area contributed by atoms with Crippen LogP contribution in [0.25, 0.3) is 0 Å². The lowest BCUT2D eigenvalue weighted by molar-refractivity contribution is 0.0664. The highest BCUT2D eigenvalue weighted by Gasteiger charge is 2.25. The van der Waals surface area contributed by atoms with Crippen LogP contribution in [0.3, 0.4) is 0 Å². The largest absolute Gasteiger partial charge is 0.467 e. The summed E-state index contributed by atoms with van der Waals surface area (Å²) in [4.78, 5) is 27.9. The zero-order valence-corrected chi connectivity index (χ0v) is 14.0. The standard InChI is InChI=1S/C18H20FN3O3/c1-13-4-5-14(11-16(13)19)17(23)21-6-8-22(9-7-21)18(24)20-12-15-3-2-10-25-15/h2-5,10-11H,6-9,12H2,1H3,(H,20,24). The lowest BCUT2D eigenvalue weighted by Crippen LogP contribution is -2.53. The number of amides is 3. The Bertz CT molecular complexity index is 753. The van der Waals surface area contributed by atoms with Crippen molar-refractivity contribution in [3.8, 4) is 0 Å². The van der Waals surface area contributed by atoms with E-state index in [1.807, 2.05) is 0 Å². The monoisotopic (exact) mass is 345 g/mol. The molecule has 3 rings (SSSR count). The first-order valence-electron chi connectivity index (χ1n) is 8.15. The molecule has 25 heavy (non-hydrogen) atoms. The SMILES string of the molecule is Cc1ccc(C(=O)N2CCN(C(=O)NCc3ccco3)CC2)cc1F. The van der Waals surface area contributed by atoms with Crippen LogP contribution in [0.15, 0.2) is 41.0 Å². The summed E-state index contributed by atoms with van der Waals surface area (Å²) in [6.07, 6.45) is 1.56. The molecule has 2 aromatic rings. The summed E-state index contributed by atoms with van der Waals surface area (Å²) in [5.74, 6) is 0.0832. The third kappa shape index (κ3) is 3.99. The predicted molar refractivity (Wildman–Crippen MR) is 89.6 cm³/mol. The van der Waals surface area contributed by atoms with Crippen LogP contribution in [0.5, 0.6) is 0 Å². The van der Waals surface area contributed by atoms with Crippen molar-refractivity contribution >= 4 is 11.9 Å². The van der Waals surface area contributed by atoms with Gasteiger partial charge in [-0.25, -0.2) is 9.18 Å². The van der Waals surface area contributed by atoms with Gasteiger partial charge in [0, 0.05) is 31.7 Å². The smallest absolute Gasteiger partial charge is 0.317 e. The number of furan rings is 1. The number of hydrogen-bond acceptors (Lipinski definition) is 3. The lowest BCUT2D eigenvalue weighted by atomic mass is 10.1. The number of rotatable bonds is 3. The number of aryl methyl sites for hydroxylation is 1. The van der Waals surface area contributed by atoms with E-state index < -0.39 is 0 Å². The fourth-order valence-corrected chi connectivity index (χ4v) is 2.71. The summed E-state index contributed by atoms with van der Waals surface area (Å²) < 4.78 is 18.8. The van der Waals surface area contributed by atoms with E-state index in [4.69, 9.17) is 4.42 Å². The van der Waals surface area contributed by atoms with Gasteiger partial charge in [0.2, 0.25) is 0 Å². The quantitative estimate of drug-likeness (QED) is 0.929. The third-order valence-corrected chi connectivity index (χ3v) is 4.27. The molecule has 1 aromatic carbocycles. The fraction of sp³-hybridized carbons (Fsp3) is 0.333. The average Bonchev–Trinajstić information content (AvgIpc) is 3.15. The molecule has 1 N–H and O–H groups in total. The number of carbonyl (C=O) groups is 2. The molecule has 0 unspecified atom stereocenters. The molecule has 0 radical (unpaired) electrons. The maximum absolute atomic E-state index is 13.6. The van der Waals surface area contributed by atoms with Crippen LogP contribution in [-0.2, 0) is 6.54 Å². The molecule has 3 amide bonds. The van der Waals surface area contributed by atoms with Gasteiger partial charge in [-0.2, -0.15) is 0 Å². The van der Waals surface area contributed by atoms with Gasteiger partial charge in [0.15, 0.2) is 0 Å². The minimum absolute atomic E-state index is 0.190. The minimum Gasteiger partial charge on any atom is -0.467 e. The van der Waals surface area contributed by atoms with Crippen molar-refractivity contribution in [1.29, 1.82) is 0 Å². The topological polar surface area (TPSA) is 65.8 Å². The molecule has 0 saturated carbocycles. The molecule has 2 heterocycles. The van der Waals surface area contributed by atoms with Crippen LogP contribution in [0.1, 0.15) is 21.7 Å². The van der Waals surface area contributed by atoms with Crippen LogP contribution in [-0.4, -0.2) is 47.9 Å². The van der Waals surface area contributed by atoms with Gasteiger partial charge in [-0.3, -0.25) is 4.79 Å². The first-order valence-corrected chi connectivity index (χ1v) is 8.15. The number of urea groups is 1. The van der Waals surface area contributed by atoms with Gasteiger partial charge in [0.25, 0.3) is 5.91 Å². The molecule has 0 aliphatic carbocycles. The summed E-state index contributed by atoms with van der Waals surface area (Å²) in [7, 11) is 0. The Morgan fingerprint density at radius 1 is 1.16 bits per heavy atom. The summed E-state index contributed by atoms with van der Waals surface area (Å²) in [6, 6.07) is 7.85. The summed E-state index contributed by atoms with van der Waals surface area (Å²) in [5.41, 5.74) is 0.841. The molecule has 132 valence electrons. The normalized spacial score (nSPS) is 14.5. The molecular weight excluding hydrogens is 325 g/mol. The predicted octanol–water partition coefficient (Wildman–Crippen LogP) is 2.39. The third-order valence-electron chi connectivity index (χ3n) is 4.27. The maximum Gasteiger partial charge on any atom is 0.317 e. The number of hydrogen-bond donors (Lipinski definition) is 1. The molecule has 0 atom stereocenters. The Kier molecular flexibility index (Phi) is 5.02. The number of carbonyl (C=O) groups excluding carboxylic acids is 2. The average molecular weight is 345 g/mol. The van der Waals surface area contributed by atoms with Gasteiger partial charge in [-0.1, -0.05) is 6.07 Å². The molecule has 1 fully saturated rings. The van der Waals surface area contributed by atoms with E-state index in [-0.39, 0.29) is 17.8 Å². The fourth-order valence-electron chi connectivity index (χ4n) is 2.71. The van der Waals surface area contributed by atoms with Gasteiger partial charge in [-0.05, 0) is 36.8 Å². The van der Waals surface area contributed by atoms with E-state index in [1.165, 1.54) is 6.07 Å². The Hall–Kier alpha value is -2.83. The Morgan fingerprint density at radius 2 is 1.88 bits per heavy atom. The van der Waals surface area contributed by atoms with Crippen molar-refractivity contribution in [2.24, 2.45) is 0 Å². The second-order valence-corrected chi connectivity index (χ2v) is 5.98. The van der Waals surface area contributed by atoms with Crippen LogP contribution >= 0.6 is 0 Å². The first kappa shape index (κ1) is 17.0.